The maximum atomic E-state index is 12.1. The lowest BCUT2D eigenvalue weighted by atomic mass is 10.2. The average Bonchev–Trinajstić information content (AvgIpc) is 2.93. The second-order valence-electron chi connectivity index (χ2n) is 4.70. The van der Waals surface area contributed by atoms with Crippen LogP contribution in [0.3, 0.4) is 0 Å². The second kappa shape index (κ2) is 8.67. The zero-order chi connectivity index (χ0) is 15.8. The number of hydrogen-bond acceptors (Lipinski definition) is 5. The lowest BCUT2D eigenvalue weighted by Gasteiger charge is -2.22. The molecule has 1 unspecified atom stereocenters. The molecular formula is C14H21ClN2O4. The van der Waals surface area contributed by atoms with Crippen molar-refractivity contribution in [3.8, 4) is 0 Å². The summed E-state index contributed by atoms with van der Waals surface area (Å²) in [7, 11) is 1.27. The van der Waals surface area contributed by atoms with Crippen LogP contribution in [0, 0.1) is 0 Å². The molecule has 0 aliphatic rings. The van der Waals surface area contributed by atoms with Gasteiger partial charge in [-0.05, 0) is 13.3 Å². The molecule has 0 aromatic carbocycles. The number of halogens is 1. The number of nitrogens with zero attached hydrogens (tertiary/aromatic N) is 2. The molecule has 0 saturated carbocycles. The molecule has 21 heavy (non-hydrogen) atoms. The highest BCUT2D eigenvalue weighted by molar-refractivity contribution is 6.30. The minimum atomic E-state index is -0.610. The van der Waals surface area contributed by atoms with Crippen molar-refractivity contribution in [1.29, 1.82) is 0 Å². The number of alkyl halides is 1. The molecule has 1 atom stereocenters. The number of aromatic nitrogens is 1. The van der Waals surface area contributed by atoms with Gasteiger partial charge in [-0.15, -0.1) is 11.6 Å². The minimum Gasteiger partial charge on any atom is -0.464 e. The summed E-state index contributed by atoms with van der Waals surface area (Å²) in [5.41, 5.74) is 0.0902. The van der Waals surface area contributed by atoms with Gasteiger partial charge in [0.1, 0.15) is 11.6 Å². The van der Waals surface area contributed by atoms with Crippen molar-refractivity contribution >= 4 is 23.5 Å². The van der Waals surface area contributed by atoms with Gasteiger partial charge in [0.25, 0.3) is 0 Å². The Kier molecular flexibility index (Phi) is 7.22. The number of ether oxygens (including phenoxy) is 1. The number of carbonyl (C=O) groups excluding carboxylic acids is 2. The lowest BCUT2D eigenvalue weighted by molar-refractivity contribution is -0.131. The number of oxazole rings is 1. The average molecular weight is 317 g/mol. The van der Waals surface area contributed by atoms with Gasteiger partial charge in [-0.25, -0.2) is 9.78 Å². The Hall–Kier alpha value is -1.56. The fraction of sp³-hybridized carbons (Fsp3) is 0.643. The van der Waals surface area contributed by atoms with Crippen LogP contribution in [0.25, 0.3) is 0 Å². The van der Waals surface area contributed by atoms with Crippen molar-refractivity contribution < 1.29 is 18.7 Å². The number of esters is 1. The molecule has 0 N–H and O–H groups in total. The zero-order valence-electron chi connectivity index (χ0n) is 12.6. The molecule has 0 fully saturated rings. The summed E-state index contributed by atoms with van der Waals surface area (Å²) in [4.78, 5) is 29.0. The first kappa shape index (κ1) is 17.5. The zero-order valence-corrected chi connectivity index (χ0v) is 13.4. The van der Waals surface area contributed by atoms with E-state index in [9.17, 15) is 9.59 Å². The van der Waals surface area contributed by atoms with Crippen LogP contribution >= 0.6 is 11.6 Å². The van der Waals surface area contributed by atoms with Gasteiger partial charge in [0.2, 0.25) is 11.8 Å². The van der Waals surface area contributed by atoms with Gasteiger partial charge in [0.15, 0.2) is 5.69 Å². The predicted octanol–water partition coefficient (Wildman–Crippen LogP) is 2.61. The number of methoxy groups -OCH3 is 1. The predicted molar refractivity (Wildman–Crippen MR) is 78.1 cm³/mol. The molecule has 6 nitrogen and oxygen atoms in total. The summed E-state index contributed by atoms with van der Waals surface area (Å²) in [6.45, 7) is 4.50. The quantitative estimate of drug-likeness (QED) is 0.419. The molecule has 0 aliphatic carbocycles. The lowest BCUT2D eigenvalue weighted by Crippen LogP contribution is -2.36. The molecular weight excluding hydrogens is 296 g/mol. The number of hydrogen-bond donors (Lipinski definition) is 0. The fourth-order valence-corrected chi connectivity index (χ4v) is 1.95. The first-order valence-corrected chi connectivity index (χ1v) is 7.38. The van der Waals surface area contributed by atoms with Crippen LogP contribution in [0.15, 0.2) is 10.7 Å². The summed E-state index contributed by atoms with van der Waals surface area (Å²) < 4.78 is 9.76. The summed E-state index contributed by atoms with van der Waals surface area (Å²) in [6.07, 6.45) is 4.19. The van der Waals surface area contributed by atoms with Gasteiger partial charge in [0, 0.05) is 6.54 Å². The van der Waals surface area contributed by atoms with Gasteiger partial charge >= 0.3 is 5.97 Å². The van der Waals surface area contributed by atoms with Crippen LogP contribution < -0.4 is 0 Å². The molecule has 1 rings (SSSR count). The van der Waals surface area contributed by atoms with Gasteiger partial charge in [-0.3, -0.25) is 4.79 Å². The molecule has 0 aliphatic heterocycles. The van der Waals surface area contributed by atoms with E-state index >= 15 is 0 Å². The third-order valence-electron chi connectivity index (χ3n) is 2.96. The monoisotopic (exact) mass is 316 g/mol. The van der Waals surface area contributed by atoms with Crippen molar-refractivity contribution in [1.82, 2.24) is 9.88 Å². The van der Waals surface area contributed by atoms with Crippen LogP contribution in [-0.4, -0.2) is 40.8 Å². The van der Waals surface area contributed by atoms with E-state index in [2.05, 4.69) is 16.6 Å². The van der Waals surface area contributed by atoms with E-state index in [4.69, 9.17) is 16.0 Å². The van der Waals surface area contributed by atoms with Crippen LogP contribution in [0.4, 0.5) is 0 Å². The van der Waals surface area contributed by atoms with Gasteiger partial charge in [-0.1, -0.05) is 19.8 Å². The highest BCUT2D eigenvalue weighted by atomic mass is 35.5. The van der Waals surface area contributed by atoms with E-state index in [1.807, 2.05) is 0 Å². The normalized spacial score (nSPS) is 12.0. The summed E-state index contributed by atoms with van der Waals surface area (Å²) in [6, 6.07) is 0. The Balaban J connectivity index is 2.73. The smallest absolute Gasteiger partial charge is 0.360 e. The van der Waals surface area contributed by atoms with Crippen molar-refractivity contribution in [3.63, 3.8) is 0 Å². The first-order chi connectivity index (χ1) is 9.99. The molecule has 1 aromatic rings. The number of rotatable bonds is 8. The van der Waals surface area contributed by atoms with Crippen molar-refractivity contribution in [2.24, 2.45) is 0 Å². The summed E-state index contributed by atoms with van der Waals surface area (Å²) in [5, 5.41) is -0.610. The van der Waals surface area contributed by atoms with E-state index in [0.717, 1.165) is 19.3 Å². The van der Waals surface area contributed by atoms with Crippen LogP contribution in [0.1, 0.15) is 49.5 Å². The Morgan fingerprint density at radius 1 is 1.48 bits per heavy atom. The number of carbonyl (C=O) groups is 2. The van der Waals surface area contributed by atoms with Gasteiger partial charge in [0.05, 0.1) is 13.7 Å². The molecule has 1 amide bonds. The summed E-state index contributed by atoms with van der Waals surface area (Å²) >= 11 is 5.86. The highest BCUT2D eigenvalue weighted by Crippen LogP contribution is 2.11. The molecule has 0 radical (unpaired) electrons. The Morgan fingerprint density at radius 2 is 2.19 bits per heavy atom. The standard InChI is InChI=1S/C14H21ClN2O4/c1-4-5-6-7-17(13(18)10(2)15)8-12-16-11(9-21-12)14(19)20-3/h9-10H,4-8H2,1-3H3. The van der Waals surface area contributed by atoms with Crippen LogP contribution in [-0.2, 0) is 16.1 Å². The van der Waals surface area contributed by atoms with E-state index < -0.39 is 11.3 Å². The van der Waals surface area contributed by atoms with Crippen molar-refractivity contribution in [3.05, 3.63) is 17.8 Å². The Labute approximate surface area is 129 Å². The maximum Gasteiger partial charge on any atom is 0.360 e. The molecule has 1 heterocycles. The number of unbranched alkanes of at least 4 members (excludes halogenated alkanes) is 2. The fourth-order valence-electron chi connectivity index (χ4n) is 1.82. The van der Waals surface area contributed by atoms with E-state index in [1.165, 1.54) is 13.4 Å². The minimum absolute atomic E-state index is 0.0902. The third kappa shape index (κ3) is 5.38. The summed E-state index contributed by atoms with van der Waals surface area (Å²) in [5.74, 6) is -0.456. The van der Waals surface area contributed by atoms with Crippen molar-refractivity contribution in [2.75, 3.05) is 13.7 Å². The van der Waals surface area contributed by atoms with E-state index in [1.54, 1.807) is 11.8 Å². The molecule has 0 bridgehead atoms. The Bertz CT molecular complexity index is 473. The van der Waals surface area contributed by atoms with Crippen LogP contribution in [0.5, 0.6) is 0 Å². The molecule has 118 valence electrons. The SMILES string of the molecule is CCCCCN(Cc1nc(C(=O)OC)co1)C(=O)C(C)Cl. The van der Waals surface area contributed by atoms with Crippen LogP contribution in [0.2, 0.25) is 0 Å². The topological polar surface area (TPSA) is 72.6 Å². The van der Waals surface area contributed by atoms with E-state index in [-0.39, 0.29) is 24.0 Å². The second-order valence-corrected chi connectivity index (χ2v) is 5.36. The van der Waals surface area contributed by atoms with Gasteiger partial charge < -0.3 is 14.1 Å². The van der Waals surface area contributed by atoms with Gasteiger partial charge in [-0.2, -0.15) is 0 Å². The molecule has 1 aromatic heterocycles. The largest absolute Gasteiger partial charge is 0.464 e. The first-order valence-electron chi connectivity index (χ1n) is 6.95. The third-order valence-corrected chi connectivity index (χ3v) is 3.14. The molecule has 7 heteroatoms. The van der Waals surface area contributed by atoms with E-state index in [0.29, 0.717) is 6.54 Å². The molecule has 0 saturated heterocycles. The maximum absolute atomic E-state index is 12.1. The van der Waals surface area contributed by atoms with Crippen molar-refractivity contribution in [2.45, 2.75) is 45.0 Å². The molecule has 0 spiro atoms. The Morgan fingerprint density at radius 3 is 2.76 bits per heavy atom. The number of amides is 1. The highest BCUT2D eigenvalue weighted by Gasteiger charge is 2.21.